The predicted octanol–water partition coefficient (Wildman–Crippen LogP) is 2.99. The van der Waals surface area contributed by atoms with Crippen LogP contribution in [0.2, 0.25) is 0 Å². The minimum Gasteiger partial charge on any atom is -0.491 e. The SMILES string of the molecule is CCOCCOc1ccc(CN[C@H](C)CC)cc1. The van der Waals surface area contributed by atoms with E-state index in [-0.39, 0.29) is 0 Å². The van der Waals surface area contributed by atoms with Gasteiger partial charge in [0.1, 0.15) is 12.4 Å². The van der Waals surface area contributed by atoms with Crippen LogP contribution in [0, 0.1) is 0 Å². The quantitative estimate of drug-likeness (QED) is 0.684. The zero-order chi connectivity index (χ0) is 13.2. The summed E-state index contributed by atoms with van der Waals surface area (Å²) in [5.41, 5.74) is 1.28. The van der Waals surface area contributed by atoms with E-state index in [0.29, 0.717) is 19.3 Å². The Labute approximate surface area is 110 Å². The van der Waals surface area contributed by atoms with Crippen molar-refractivity contribution >= 4 is 0 Å². The maximum absolute atomic E-state index is 5.56. The van der Waals surface area contributed by atoms with Gasteiger partial charge in [-0.3, -0.25) is 0 Å². The number of nitrogens with one attached hydrogen (secondary N) is 1. The average Bonchev–Trinajstić information content (AvgIpc) is 2.42. The Morgan fingerprint density at radius 1 is 1.11 bits per heavy atom. The molecule has 0 aliphatic carbocycles. The van der Waals surface area contributed by atoms with E-state index >= 15 is 0 Å². The molecule has 3 nitrogen and oxygen atoms in total. The minimum absolute atomic E-state index is 0.562. The number of hydrogen-bond donors (Lipinski definition) is 1. The first-order chi connectivity index (χ1) is 8.76. The summed E-state index contributed by atoms with van der Waals surface area (Å²) in [6, 6.07) is 8.79. The summed E-state index contributed by atoms with van der Waals surface area (Å²) < 4.78 is 10.8. The zero-order valence-electron chi connectivity index (χ0n) is 11.7. The second-order valence-corrected chi connectivity index (χ2v) is 4.38. The standard InChI is InChI=1S/C15H25NO2/c1-4-13(3)16-12-14-6-8-15(9-7-14)18-11-10-17-5-2/h6-9,13,16H,4-5,10-12H2,1-3H3/t13-/m1/s1. The van der Waals surface area contributed by atoms with Crippen LogP contribution in [0.25, 0.3) is 0 Å². The molecule has 0 heterocycles. The molecule has 0 bridgehead atoms. The van der Waals surface area contributed by atoms with E-state index < -0.39 is 0 Å². The van der Waals surface area contributed by atoms with Crippen molar-refractivity contribution in [3.05, 3.63) is 29.8 Å². The molecule has 102 valence electrons. The molecule has 0 aromatic heterocycles. The molecule has 18 heavy (non-hydrogen) atoms. The number of rotatable bonds is 9. The van der Waals surface area contributed by atoms with Crippen molar-refractivity contribution in [2.45, 2.75) is 39.8 Å². The van der Waals surface area contributed by atoms with Gasteiger partial charge in [-0.2, -0.15) is 0 Å². The predicted molar refractivity (Wildman–Crippen MR) is 75.0 cm³/mol. The topological polar surface area (TPSA) is 30.5 Å². The van der Waals surface area contributed by atoms with Gasteiger partial charge in [0.2, 0.25) is 0 Å². The molecule has 0 unspecified atom stereocenters. The van der Waals surface area contributed by atoms with Gasteiger partial charge >= 0.3 is 0 Å². The van der Waals surface area contributed by atoms with E-state index in [1.54, 1.807) is 0 Å². The highest BCUT2D eigenvalue weighted by atomic mass is 16.5. The molecular weight excluding hydrogens is 226 g/mol. The first kappa shape index (κ1) is 15.0. The summed E-state index contributed by atoms with van der Waals surface area (Å²) in [5.74, 6) is 0.905. The van der Waals surface area contributed by atoms with Gasteiger partial charge in [-0.15, -0.1) is 0 Å². The van der Waals surface area contributed by atoms with Gasteiger partial charge in [0.25, 0.3) is 0 Å². The molecule has 0 amide bonds. The molecule has 1 aromatic rings. The molecule has 0 radical (unpaired) electrons. The number of ether oxygens (including phenoxy) is 2. The third-order valence-corrected chi connectivity index (χ3v) is 2.89. The molecule has 0 fully saturated rings. The second-order valence-electron chi connectivity index (χ2n) is 4.38. The third-order valence-electron chi connectivity index (χ3n) is 2.89. The molecular formula is C15H25NO2. The van der Waals surface area contributed by atoms with Crippen molar-refractivity contribution < 1.29 is 9.47 Å². The van der Waals surface area contributed by atoms with Crippen LogP contribution in [0.3, 0.4) is 0 Å². The van der Waals surface area contributed by atoms with Crippen LogP contribution in [0.5, 0.6) is 5.75 Å². The van der Waals surface area contributed by atoms with Crippen molar-refractivity contribution in [2.24, 2.45) is 0 Å². The Morgan fingerprint density at radius 3 is 2.44 bits per heavy atom. The van der Waals surface area contributed by atoms with E-state index in [9.17, 15) is 0 Å². The fourth-order valence-electron chi connectivity index (χ4n) is 1.50. The number of benzene rings is 1. The third kappa shape index (κ3) is 6.03. The highest BCUT2D eigenvalue weighted by Gasteiger charge is 1.99. The fraction of sp³-hybridized carbons (Fsp3) is 0.600. The van der Waals surface area contributed by atoms with Crippen LogP contribution >= 0.6 is 0 Å². The summed E-state index contributed by atoms with van der Waals surface area (Å²) >= 11 is 0. The van der Waals surface area contributed by atoms with Gasteiger partial charge < -0.3 is 14.8 Å². The lowest BCUT2D eigenvalue weighted by Gasteiger charge is -2.11. The fourth-order valence-corrected chi connectivity index (χ4v) is 1.50. The van der Waals surface area contributed by atoms with Crippen LogP contribution in [-0.4, -0.2) is 25.9 Å². The summed E-state index contributed by atoms with van der Waals surface area (Å²) in [4.78, 5) is 0. The molecule has 1 rings (SSSR count). The van der Waals surface area contributed by atoms with Crippen molar-refractivity contribution in [2.75, 3.05) is 19.8 Å². The van der Waals surface area contributed by atoms with Crippen LogP contribution < -0.4 is 10.1 Å². The first-order valence-corrected chi connectivity index (χ1v) is 6.79. The van der Waals surface area contributed by atoms with Crippen molar-refractivity contribution in [3.63, 3.8) is 0 Å². The first-order valence-electron chi connectivity index (χ1n) is 6.79. The smallest absolute Gasteiger partial charge is 0.119 e. The van der Waals surface area contributed by atoms with Crippen LogP contribution in [0.4, 0.5) is 0 Å². The molecule has 0 aliphatic heterocycles. The van der Waals surface area contributed by atoms with Gasteiger partial charge in [-0.25, -0.2) is 0 Å². The average molecular weight is 251 g/mol. The van der Waals surface area contributed by atoms with Gasteiger partial charge in [0.05, 0.1) is 6.61 Å². The Kier molecular flexibility index (Phi) is 7.46. The normalized spacial score (nSPS) is 12.4. The summed E-state index contributed by atoms with van der Waals surface area (Å²) in [5, 5.41) is 3.47. The van der Waals surface area contributed by atoms with Crippen molar-refractivity contribution in [3.8, 4) is 5.75 Å². The molecule has 0 saturated carbocycles. The van der Waals surface area contributed by atoms with E-state index in [4.69, 9.17) is 9.47 Å². The lowest BCUT2D eigenvalue weighted by molar-refractivity contribution is 0.110. The second kappa shape index (κ2) is 8.95. The van der Waals surface area contributed by atoms with Gasteiger partial charge in [0.15, 0.2) is 0 Å². The molecule has 1 atom stereocenters. The zero-order valence-corrected chi connectivity index (χ0v) is 11.7. The highest BCUT2D eigenvalue weighted by Crippen LogP contribution is 2.12. The highest BCUT2D eigenvalue weighted by molar-refractivity contribution is 5.27. The summed E-state index contributed by atoms with van der Waals surface area (Å²) in [6.45, 7) is 9.28. The van der Waals surface area contributed by atoms with E-state index in [0.717, 1.165) is 25.3 Å². The molecule has 1 N–H and O–H groups in total. The van der Waals surface area contributed by atoms with Gasteiger partial charge in [-0.05, 0) is 38.0 Å². The summed E-state index contributed by atoms with van der Waals surface area (Å²) in [6.07, 6.45) is 1.15. The molecule has 0 aliphatic rings. The lowest BCUT2D eigenvalue weighted by Crippen LogP contribution is -2.24. The molecule has 3 heteroatoms. The number of hydrogen-bond acceptors (Lipinski definition) is 3. The maximum atomic E-state index is 5.56. The van der Waals surface area contributed by atoms with Crippen molar-refractivity contribution in [1.82, 2.24) is 5.32 Å². The maximum Gasteiger partial charge on any atom is 0.119 e. The monoisotopic (exact) mass is 251 g/mol. The van der Waals surface area contributed by atoms with E-state index in [2.05, 4.69) is 31.3 Å². The van der Waals surface area contributed by atoms with Gasteiger partial charge in [-0.1, -0.05) is 19.1 Å². The Bertz CT molecular complexity index is 311. The Hall–Kier alpha value is -1.06. The Morgan fingerprint density at radius 2 is 1.83 bits per heavy atom. The van der Waals surface area contributed by atoms with E-state index in [1.165, 1.54) is 5.56 Å². The lowest BCUT2D eigenvalue weighted by atomic mass is 10.2. The summed E-state index contributed by atoms with van der Waals surface area (Å²) in [7, 11) is 0. The molecule has 0 saturated heterocycles. The molecule has 0 spiro atoms. The minimum atomic E-state index is 0.562. The van der Waals surface area contributed by atoms with E-state index in [1.807, 2.05) is 19.1 Å². The Balaban J connectivity index is 2.28. The molecule has 1 aromatic carbocycles. The van der Waals surface area contributed by atoms with Crippen LogP contribution in [-0.2, 0) is 11.3 Å². The largest absolute Gasteiger partial charge is 0.491 e. The van der Waals surface area contributed by atoms with Crippen LogP contribution in [0.1, 0.15) is 32.8 Å². The van der Waals surface area contributed by atoms with Crippen molar-refractivity contribution in [1.29, 1.82) is 0 Å². The van der Waals surface area contributed by atoms with Gasteiger partial charge in [0, 0.05) is 19.2 Å². The van der Waals surface area contributed by atoms with Crippen LogP contribution in [0.15, 0.2) is 24.3 Å².